The van der Waals surface area contributed by atoms with Gasteiger partial charge in [-0.3, -0.25) is 4.79 Å². The average molecular weight is 364 g/mol. The van der Waals surface area contributed by atoms with E-state index in [4.69, 9.17) is 9.47 Å². The van der Waals surface area contributed by atoms with E-state index in [1.165, 1.54) is 6.08 Å². The average Bonchev–Trinajstić information content (AvgIpc) is 2.70. The van der Waals surface area contributed by atoms with E-state index in [2.05, 4.69) is 5.32 Å². The summed E-state index contributed by atoms with van der Waals surface area (Å²) in [6, 6.07) is 16.9. The molecular formula is C22H24N2O3. The molecule has 0 radical (unpaired) electrons. The molecule has 1 N–H and O–H groups in total. The summed E-state index contributed by atoms with van der Waals surface area (Å²) in [6.07, 6.45) is 2.38. The Balaban J connectivity index is 2.23. The van der Waals surface area contributed by atoms with E-state index in [1.807, 2.05) is 62.4 Å². The third kappa shape index (κ3) is 5.89. The van der Waals surface area contributed by atoms with Crippen LogP contribution in [0.4, 0.5) is 0 Å². The topological polar surface area (TPSA) is 71.3 Å². The number of ether oxygens (including phenoxy) is 2. The Morgan fingerprint density at radius 2 is 1.89 bits per heavy atom. The summed E-state index contributed by atoms with van der Waals surface area (Å²) in [5, 5.41) is 12.2. The van der Waals surface area contributed by atoms with Crippen LogP contribution in [0.25, 0.3) is 6.08 Å². The lowest BCUT2D eigenvalue weighted by Crippen LogP contribution is -2.23. The lowest BCUT2D eigenvalue weighted by Gasteiger charge is -2.14. The maximum absolute atomic E-state index is 12.4. The molecule has 2 rings (SSSR count). The second-order valence-corrected chi connectivity index (χ2v) is 5.79. The van der Waals surface area contributed by atoms with Gasteiger partial charge in [-0.1, -0.05) is 49.4 Å². The van der Waals surface area contributed by atoms with Crippen molar-refractivity contribution in [3.05, 3.63) is 65.2 Å². The molecule has 5 nitrogen and oxygen atoms in total. The van der Waals surface area contributed by atoms with Crippen molar-refractivity contribution in [3.63, 3.8) is 0 Å². The molecule has 2 aromatic rings. The number of benzene rings is 2. The molecule has 0 saturated carbocycles. The molecule has 140 valence electrons. The van der Waals surface area contributed by atoms with Crippen LogP contribution in [0.3, 0.4) is 0 Å². The summed E-state index contributed by atoms with van der Waals surface area (Å²) >= 11 is 0. The Morgan fingerprint density at radius 3 is 2.56 bits per heavy atom. The molecule has 0 fully saturated rings. The first kappa shape index (κ1) is 20.1. The van der Waals surface area contributed by atoms with Gasteiger partial charge in [-0.15, -0.1) is 0 Å². The normalized spacial score (nSPS) is 10.8. The number of nitrogens with one attached hydrogen (secondary N) is 1. The van der Waals surface area contributed by atoms with E-state index in [0.29, 0.717) is 36.8 Å². The summed E-state index contributed by atoms with van der Waals surface area (Å²) in [5.74, 6) is 0.719. The molecule has 27 heavy (non-hydrogen) atoms. The molecule has 0 aliphatic rings. The Kier molecular flexibility index (Phi) is 7.92. The minimum Gasteiger partial charge on any atom is -0.490 e. The second-order valence-electron chi connectivity index (χ2n) is 5.79. The lowest BCUT2D eigenvalue weighted by atomic mass is 10.1. The first-order chi connectivity index (χ1) is 13.2. The number of nitriles is 1. The molecule has 0 bridgehead atoms. The van der Waals surface area contributed by atoms with E-state index < -0.39 is 5.91 Å². The zero-order chi connectivity index (χ0) is 19.5. The quantitative estimate of drug-likeness (QED) is 0.537. The van der Waals surface area contributed by atoms with Crippen molar-refractivity contribution in [2.45, 2.75) is 26.8 Å². The SMILES string of the molecule is CCCOc1c(/C=C(\C#N)C(=O)NCc2ccccc2)cccc1OCC. The minimum absolute atomic E-state index is 0.0147. The van der Waals surface area contributed by atoms with Crippen LogP contribution >= 0.6 is 0 Å². The van der Waals surface area contributed by atoms with E-state index in [1.54, 1.807) is 6.07 Å². The van der Waals surface area contributed by atoms with Gasteiger partial charge in [0, 0.05) is 12.1 Å². The van der Waals surface area contributed by atoms with Crippen LogP contribution < -0.4 is 14.8 Å². The summed E-state index contributed by atoms with van der Waals surface area (Å²) in [4.78, 5) is 12.4. The van der Waals surface area contributed by atoms with Crippen LogP contribution in [-0.2, 0) is 11.3 Å². The summed E-state index contributed by atoms with van der Waals surface area (Å²) in [7, 11) is 0. The molecule has 0 unspecified atom stereocenters. The Hall–Kier alpha value is -3.26. The van der Waals surface area contributed by atoms with Crippen LogP contribution in [0.5, 0.6) is 11.5 Å². The number of nitrogens with zero attached hydrogens (tertiary/aromatic N) is 1. The summed E-state index contributed by atoms with van der Waals surface area (Å²) in [5.41, 5.74) is 1.62. The largest absolute Gasteiger partial charge is 0.490 e. The molecule has 2 aromatic carbocycles. The van der Waals surface area contributed by atoms with E-state index >= 15 is 0 Å². The van der Waals surface area contributed by atoms with Gasteiger partial charge in [0.1, 0.15) is 11.6 Å². The van der Waals surface area contributed by atoms with E-state index in [0.717, 1.165) is 12.0 Å². The second kappa shape index (κ2) is 10.7. The third-order valence-electron chi connectivity index (χ3n) is 3.72. The van der Waals surface area contributed by atoms with Gasteiger partial charge >= 0.3 is 0 Å². The highest BCUT2D eigenvalue weighted by Gasteiger charge is 2.14. The molecular weight excluding hydrogens is 340 g/mol. The maximum Gasteiger partial charge on any atom is 0.262 e. The molecule has 0 aliphatic heterocycles. The molecule has 0 heterocycles. The third-order valence-corrected chi connectivity index (χ3v) is 3.72. The van der Waals surface area contributed by atoms with Gasteiger partial charge < -0.3 is 14.8 Å². The molecule has 0 aromatic heterocycles. The summed E-state index contributed by atoms with van der Waals surface area (Å²) in [6.45, 7) is 5.28. The van der Waals surface area contributed by atoms with Crippen LogP contribution in [0.15, 0.2) is 54.1 Å². The van der Waals surface area contributed by atoms with Crippen molar-refractivity contribution < 1.29 is 14.3 Å². The fraction of sp³-hybridized carbons (Fsp3) is 0.273. The molecule has 0 aliphatic carbocycles. The van der Waals surface area contributed by atoms with Crippen LogP contribution in [-0.4, -0.2) is 19.1 Å². The summed E-state index contributed by atoms with van der Waals surface area (Å²) < 4.78 is 11.4. The van der Waals surface area contributed by atoms with Gasteiger partial charge in [-0.05, 0) is 31.1 Å². The highest BCUT2D eigenvalue weighted by Crippen LogP contribution is 2.33. The predicted octanol–water partition coefficient (Wildman–Crippen LogP) is 4.10. The van der Waals surface area contributed by atoms with Crippen LogP contribution in [0.2, 0.25) is 0 Å². The van der Waals surface area contributed by atoms with Crippen molar-refractivity contribution in [1.82, 2.24) is 5.32 Å². The van der Waals surface area contributed by atoms with Crippen molar-refractivity contribution in [3.8, 4) is 17.6 Å². The Labute approximate surface area is 160 Å². The van der Waals surface area contributed by atoms with Gasteiger partial charge in [-0.25, -0.2) is 0 Å². The number of carbonyl (C=O) groups is 1. The zero-order valence-corrected chi connectivity index (χ0v) is 15.7. The van der Waals surface area contributed by atoms with Crippen molar-refractivity contribution >= 4 is 12.0 Å². The van der Waals surface area contributed by atoms with Gasteiger partial charge in [0.05, 0.1) is 13.2 Å². The highest BCUT2D eigenvalue weighted by molar-refractivity contribution is 6.02. The zero-order valence-electron chi connectivity index (χ0n) is 15.7. The van der Waals surface area contributed by atoms with Crippen molar-refractivity contribution in [2.24, 2.45) is 0 Å². The van der Waals surface area contributed by atoms with Gasteiger partial charge in [0.25, 0.3) is 5.91 Å². The first-order valence-corrected chi connectivity index (χ1v) is 9.02. The maximum atomic E-state index is 12.4. The van der Waals surface area contributed by atoms with Gasteiger partial charge in [-0.2, -0.15) is 5.26 Å². The Morgan fingerprint density at radius 1 is 1.11 bits per heavy atom. The fourth-order valence-corrected chi connectivity index (χ4v) is 2.45. The van der Waals surface area contributed by atoms with E-state index in [-0.39, 0.29) is 5.57 Å². The molecule has 0 spiro atoms. The number of carbonyl (C=O) groups excluding carboxylic acids is 1. The fourth-order valence-electron chi connectivity index (χ4n) is 2.45. The Bertz CT molecular complexity index is 823. The lowest BCUT2D eigenvalue weighted by molar-refractivity contribution is -0.117. The first-order valence-electron chi connectivity index (χ1n) is 9.02. The standard InChI is InChI=1S/C22H24N2O3/c1-3-13-27-21-18(11-8-12-20(21)26-4-2)14-19(15-23)22(25)24-16-17-9-6-5-7-10-17/h5-12,14H,3-4,13,16H2,1-2H3,(H,24,25)/b19-14+. The number of para-hydroxylation sites is 1. The van der Waals surface area contributed by atoms with Crippen molar-refractivity contribution in [1.29, 1.82) is 5.26 Å². The van der Waals surface area contributed by atoms with Gasteiger partial charge in [0.15, 0.2) is 11.5 Å². The number of hydrogen-bond donors (Lipinski definition) is 1. The monoisotopic (exact) mass is 364 g/mol. The molecule has 1 amide bonds. The van der Waals surface area contributed by atoms with Crippen LogP contribution in [0.1, 0.15) is 31.4 Å². The van der Waals surface area contributed by atoms with Crippen molar-refractivity contribution in [2.75, 3.05) is 13.2 Å². The molecule has 0 atom stereocenters. The molecule has 5 heteroatoms. The van der Waals surface area contributed by atoms with E-state index in [9.17, 15) is 10.1 Å². The smallest absolute Gasteiger partial charge is 0.262 e. The minimum atomic E-state index is -0.426. The van der Waals surface area contributed by atoms with Gasteiger partial charge in [0.2, 0.25) is 0 Å². The number of amides is 1. The number of rotatable bonds is 9. The predicted molar refractivity (Wildman–Crippen MR) is 105 cm³/mol. The highest BCUT2D eigenvalue weighted by atomic mass is 16.5. The number of hydrogen-bond acceptors (Lipinski definition) is 4. The molecule has 0 saturated heterocycles. The van der Waals surface area contributed by atoms with Crippen LogP contribution in [0, 0.1) is 11.3 Å².